The van der Waals surface area contributed by atoms with Crippen molar-refractivity contribution in [3.8, 4) is 0 Å². The SMILES string of the molecule is CCSc1ccc(C(N)C(=O)NC)cc1. The molecule has 0 aliphatic carbocycles. The van der Waals surface area contributed by atoms with Crippen LogP contribution in [-0.2, 0) is 4.79 Å². The molecule has 1 aromatic carbocycles. The Hall–Kier alpha value is -1.00. The highest BCUT2D eigenvalue weighted by Gasteiger charge is 2.13. The number of hydrogen-bond acceptors (Lipinski definition) is 3. The van der Waals surface area contributed by atoms with Crippen molar-refractivity contribution >= 4 is 17.7 Å². The van der Waals surface area contributed by atoms with Crippen LogP contribution in [0.1, 0.15) is 18.5 Å². The van der Waals surface area contributed by atoms with E-state index >= 15 is 0 Å². The third-order valence-electron chi connectivity index (χ3n) is 2.08. The molecule has 3 N–H and O–H groups in total. The lowest BCUT2D eigenvalue weighted by molar-refractivity contribution is -0.121. The first kappa shape index (κ1) is 12.1. The van der Waals surface area contributed by atoms with E-state index in [2.05, 4.69) is 12.2 Å². The summed E-state index contributed by atoms with van der Waals surface area (Å²) in [4.78, 5) is 12.5. The molecule has 0 radical (unpaired) electrons. The molecule has 1 unspecified atom stereocenters. The van der Waals surface area contributed by atoms with Gasteiger partial charge in [-0.1, -0.05) is 19.1 Å². The Morgan fingerprint density at radius 2 is 2.07 bits per heavy atom. The van der Waals surface area contributed by atoms with Gasteiger partial charge in [-0.15, -0.1) is 11.8 Å². The fourth-order valence-corrected chi connectivity index (χ4v) is 1.91. The van der Waals surface area contributed by atoms with Gasteiger partial charge in [-0.25, -0.2) is 0 Å². The van der Waals surface area contributed by atoms with E-state index in [1.807, 2.05) is 24.3 Å². The summed E-state index contributed by atoms with van der Waals surface area (Å²) in [7, 11) is 1.59. The van der Waals surface area contributed by atoms with Gasteiger partial charge in [0.1, 0.15) is 6.04 Å². The molecule has 0 saturated heterocycles. The Kier molecular flexibility index (Phi) is 4.65. The Morgan fingerprint density at radius 3 is 2.53 bits per heavy atom. The quantitative estimate of drug-likeness (QED) is 0.763. The molecule has 1 aromatic rings. The van der Waals surface area contributed by atoms with Crippen LogP contribution in [-0.4, -0.2) is 18.7 Å². The second kappa shape index (κ2) is 5.78. The highest BCUT2D eigenvalue weighted by molar-refractivity contribution is 7.99. The lowest BCUT2D eigenvalue weighted by Crippen LogP contribution is -2.31. The minimum atomic E-state index is -0.573. The molecule has 0 spiro atoms. The summed E-state index contributed by atoms with van der Waals surface area (Å²) in [6, 6.07) is 7.21. The van der Waals surface area contributed by atoms with Crippen molar-refractivity contribution in [1.82, 2.24) is 5.32 Å². The van der Waals surface area contributed by atoms with Gasteiger partial charge in [0.15, 0.2) is 0 Å². The number of benzene rings is 1. The molecule has 0 aliphatic heterocycles. The lowest BCUT2D eigenvalue weighted by atomic mass is 10.1. The van der Waals surface area contributed by atoms with Crippen LogP contribution < -0.4 is 11.1 Å². The third kappa shape index (κ3) is 3.25. The number of rotatable bonds is 4. The molecule has 0 fully saturated rings. The van der Waals surface area contributed by atoms with Crippen LogP contribution in [0.15, 0.2) is 29.2 Å². The standard InChI is InChI=1S/C11H16N2OS/c1-3-15-9-6-4-8(5-7-9)10(12)11(14)13-2/h4-7,10H,3,12H2,1-2H3,(H,13,14). The average molecular weight is 224 g/mol. The van der Waals surface area contributed by atoms with E-state index in [-0.39, 0.29) is 5.91 Å². The van der Waals surface area contributed by atoms with Crippen molar-refractivity contribution < 1.29 is 4.79 Å². The lowest BCUT2D eigenvalue weighted by Gasteiger charge is -2.10. The van der Waals surface area contributed by atoms with E-state index in [4.69, 9.17) is 5.73 Å². The second-order valence-electron chi connectivity index (χ2n) is 3.09. The largest absolute Gasteiger partial charge is 0.358 e. The van der Waals surface area contributed by atoms with Crippen molar-refractivity contribution in [2.75, 3.05) is 12.8 Å². The van der Waals surface area contributed by atoms with Crippen molar-refractivity contribution in [2.45, 2.75) is 17.9 Å². The van der Waals surface area contributed by atoms with E-state index in [0.717, 1.165) is 11.3 Å². The number of carbonyl (C=O) groups is 1. The van der Waals surface area contributed by atoms with Crippen LogP contribution in [0.4, 0.5) is 0 Å². The number of amides is 1. The van der Waals surface area contributed by atoms with Crippen LogP contribution in [0.3, 0.4) is 0 Å². The fourth-order valence-electron chi connectivity index (χ4n) is 1.24. The molecular weight excluding hydrogens is 208 g/mol. The first-order valence-electron chi connectivity index (χ1n) is 4.89. The van der Waals surface area contributed by atoms with Gasteiger partial charge in [0.25, 0.3) is 0 Å². The molecule has 4 heteroatoms. The number of thioether (sulfide) groups is 1. The smallest absolute Gasteiger partial charge is 0.241 e. The summed E-state index contributed by atoms with van der Waals surface area (Å²) in [5, 5.41) is 2.53. The van der Waals surface area contributed by atoms with Crippen LogP contribution >= 0.6 is 11.8 Å². The first-order chi connectivity index (χ1) is 7.19. The van der Waals surface area contributed by atoms with Gasteiger partial charge in [-0.3, -0.25) is 4.79 Å². The summed E-state index contributed by atoms with van der Waals surface area (Å²) in [5.41, 5.74) is 6.60. The summed E-state index contributed by atoms with van der Waals surface area (Å²) < 4.78 is 0. The molecule has 1 atom stereocenters. The van der Waals surface area contributed by atoms with Crippen molar-refractivity contribution in [1.29, 1.82) is 0 Å². The van der Waals surface area contributed by atoms with Gasteiger partial charge >= 0.3 is 0 Å². The fraction of sp³-hybridized carbons (Fsp3) is 0.364. The summed E-state index contributed by atoms with van der Waals surface area (Å²) in [6.45, 7) is 2.11. The van der Waals surface area contributed by atoms with Crippen molar-refractivity contribution in [3.05, 3.63) is 29.8 Å². The zero-order valence-corrected chi connectivity index (χ0v) is 9.80. The van der Waals surface area contributed by atoms with Gasteiger partial charge in [-0.2, -0.15) is 0 Å². The van der Waals surface area contributed by atoms with Crippen LogP contribution in [0.25, 0.3) is 0 Å². The van der Waals surface area contributed by atoms with Crippen molar-refractivity contribution in [2.24, 2.45) is 5.73 Å². The number of hydrogen-bond donors (Lipinski definition) is 2. The molecule has 0 bridgehead atoms. The van der Waals surface area contributed by atoms with Crippen molar-refractivity contribution in [3.63, 3.8) is 0 Å². The monoisotopic (exact) mass is 224 g/mol. The molecule has 1 rings (SSSR count). The second-order valence-corrected chi connectivity index (χ2v) is 4.43. The molecular formula is C11H16N2OS. The van der Waals surface area contributed by atoms with Gasteiger partial charge in [0.05, 0.1) is 0 Å². The minimum Gasteiger partial charge on any atom is -0.358 e. The van der Waals surface area contributed by atoms with Crippen LogP contribution in [0.2, 0.25) is 0 Å². The minimum absolute atomic E-state index is 0.161. The zero-order valence-electron chi connectivity index (χ0n) is 8.99. The molecule has 0 aromatic heterocycles. The van der Waals surface area contributed by atoms with E-state index in [1.165, 1.54) is 4.90 Å². The van der Waals surface area contributed by atoms with E-state index in [0.29, 0.717) is 0 Å². The number of nitrogens with one attached hydrogen (secondary N) is 1. The van der Waals surface area contributed by atoms with Crippen LogP contribution in [0.5, 0.6) is 0 Å². The van der Waals surface area contributed by atoms with Gasteiger partial charge in [-0.05, 0) is 23.4 Å². The Balaban J connectivity index is 2.75. The first-order valence-corrected chi connectivity index (χ1v) is 5.87. The Bertz CT molecular complexity index is 324. The van der Waals surface area contributed by atoms with E-state index in [9.17, 15) is 4.79 Å². The summed E-state index contributed by atoms with van der Waals surface area (Å²) in [5.74, 6) is 0.881. The molecule has 0 aliphatic rings. The highest BCUT2D eigenvalue weighted by Crippen LogP contribution is 2.19. The van der Waals surface area contributed by atoms with Gasteiger partial charge < -0.3 is 11.1 Å². The summed E-state index contributed by atoms with van der Waals surface area (Å²) in [6.07, 6.45) is 0. The van der Waals surface area contributed by atoms with E-state index < -0.39 is 6.04 Å². The highest BCUT2D eigenvalue weighted by atomic mass is 32.2. The zero-order chi connectivity index (χ0) is 11.3. The predicted molar refractivity (Wildman–Crippen MR) is 63.8 cm³/mol. The number of nitrogens with two attached hydrogens (primary N) is 1. The normalized spacial score (nSPS) is 12.2. The molecule has 1 amide bonds. The maximum Gasteiger partial charge on any atom is 0.241 e. The third-order valence-corrected chi connectivity index (χ3v) is 2.97. The molecule has 0 saturated carbocycles. The average Bonchev–Trinajstić information content (AvgIpc) is 2.28. The maximum absolute atomic E-state index is 11.3. The Labute approximate surface area is 94.4 Å². The predicted octanol–water partition coefficient (Wildman–Crippen LogP) is 1.54. The topological polar surface area (TPSA) is 55.1 Å². The summed E-state index contributed by atoms with van der Waals surface area (Å²) >= 11 is 1.77. The van der Waals surface area contributed by atoms with Gasteiger partial charge in [0.2, 0.25) is 5.91 Å². The van der Waals surface area contributed by atoms with E-state index in [1.54, 1.807) is 18.8 Å². The Morgan fingerprint density at radius 1 is 1.47 bits per heavy atom. The van der Waals surface area contributed by atoms with Gasteiger partial charge in [0, 0.05) is 11.9 Å². The molecule has 0 heterocycles. The molecule has 15 heavy (non-hydrogen) atoms. The molecule has 3 nitrogen and oxygen atoms in total. The number of likely N-dealkylation sites (N-methyl/N-ethyl adjacent to an activating group) is 1. The van der Waals surface area contributed by atoms with Crippen LogP contribution in [0, 0.1) is 0 Å². The maximum atomic E-state index is 11.3. The molecule has 82 valence electrons. The number of carbonyl (C=O) groups excluding carboxylic acids is 1.